The molecule has 0 aromatic carbocycles. The summed E-state index contributed by atoms with van der Waals surface area (Å²) in [7, 11) is 0. The number of imidazole rings is 1. The molecule has 0 amide bonds. The number of pyridine rings is 1. The van der Waals surface area contributed by atoms with Gasteiger partial charge in [-0.05, 0) is 37.4 Å². The first kappa shape index (κ1) is 12.6. The van der Waals surface area contributed by atoms with E-state index in [2.05, 4.69) is 34.8 Å². The number of rotatable bonds is 3. The third-order valence-corrected chi connectivity index (χ3v) is 3.70. The maximum atomic E-state index is 4.83. The maximum absolute atomic E-state index is 4.83. The first-order valence-electron chi connectivity index (χ1n) is 7.30. The second-order valence-corrected chi connectivity index (χ2v) is 5.82. The van der Waals surface area contributed by atoms with Gasteiger partial charge in [0, 0.05) is 12.7 Å². The van der Waals surface area contributed by atoms with Crippen LogP contribution < -0.4 is 5.32 Å². The molecule has 1 N–H and O–H groups in total. The summed E-state index contributed by atoms with van der Waals surface area (Å²) in [6.45, 7) is 6.57. The number of piperidine rings is 1. The van der Waals surface area contributed by atoms with Gasteiger partial charge in [-0.3, -0.25) is 0 Å². The van der Waals surface area contributed by atoms with E-state index >= 15 is 0 Å². The van der Waals surface area contributed by atoms with Gasteiger partial charge in [-0.1, -0.05) is 20.3 Å². The molecule has 0 spiro atoms. The highest BCUT2D eigenvalue weighted by atomic mass is 15.2. The van der Waals surface area contributed by atoms with Gasteiger partial charge in [0.05, 0.1) is 6.04 Å². The van der Waals surface area contributed by atoms with E-state index < -0.39 is 0 Å². The average Bonchev–Trinajstić information content (AvgIpc) is 2.78. The Kier molecular flexibility index (Phi) is 3.51. The van der Waals surface area contributed by atoms with Gasteiger partial charge >= 0.3 is 0 Å². The van der Waals surface area contributed by atoms with Gasteiger partial charge in [-0.15, -0.1) is 0 Å². The van der Waals surface area contributed by atoms with Crippen molar-refractivity contribution in [1.29, 1.82) is 0 Å². The Morgan fingerprint density at radius 1 is 1.42 bits per heavy atom. The summed E-state index contributed by atoms with van der Waals surface area (Å²) in [5.41, 5.74) is 2.05. The van der Waals surface area contributed by atoms with E-state index in [-0.39, 0.29) is 0 Å². The molecule has 1 saturated heterocycles. The topological polar surface area (TPSA) is 42.7 Å². The largest absolute Gasteiger partial charge is 0.311 e. The van der Waals surface area contributed by atoms with E-state index in [4.69, 9.17) is 4.98 Å². The van der Waals surface area contributed by atoms with Crippen LogP contribution in [0.15, 0.2) is 18.3 Å². The van der Waals surface area contributed by atoms with Crippen molar-refractivity contribution in [2.75, 3.05) is 6.54 Å². The third-order valence-electron chi connectivity index (χ3n) is 3.70. The lowest BCUT2D eigenvalue weighted by Crippen LogP contribution is -2.29. The predicted octanol–water partition coefficient (Wildman–Crippen LogP) is 2.90. The molecule has 0 aliphatic carbocycles. The van der Waals surface area contributed by atoms with Gasteiger partial charge in [0.1, 0.15) is 11.3 Å². The molecule has 4 nitrogen and oxygen atoms in total. The van der Waals surface area contributed by atoms with E-state index in [1.165, 1.54) is 25.1 Å². The van der Waals surface area contributed by atoms with Crippen LogP contribution in [0, 0.1) is 5.92 Å². The monoisotopic (exact) mass is 258 g/mol. The molecule has 102 valence electrons. The minimum absolute atomic E-state index is 0.390. The molecule has 3 rings (SSSR count). The summed E-state index contributed by atoms with van der Waals surface area (Å²) >= 11 is 0. The number of hydrogen-bond acceptors (Lipinski definition) is 3. The number of hydrogen-bond donors (Lipinski definition) is 1. The lowest BCUT2D eigenvalue weighted by Gasteiger charge is -2.24. The van der Waals surface area contributed by atoms with Crippen LogP contribution in [0.1, 0.15) is 45.0 Å². The van der Waals surface area contributed by atoms with Crippen molar-refractivity contribution < 1.29 is 0 Å². The Bertz CT molecular complexity index is 552. The zero-order chi connectivity index (χ0) is 13.2. The Morgan fingerprint density at radius 3 is 3.05 bits per heavy atom. The van der Waals surface area contributed by atoms with Crippen molar-refractivity contribution >= 4 is 11.2 Å². The summed E-state index contributed by atoms with van der Waals surface area (Å²) in [6, 6.07) is 4.42. The molecule has 1 atom stereocenters. The lowest BCUT2D eigenvalue weighted by atomic mass is 10.0. The zero-order valence-corrected chi connectivity index (χ0v) is 11.8. The smallest absolute Gasteiger partial charge is 0.160 e. The highest BCUT2D eigenvalue weighted by molar-refractivity contribution is 5.71. The van der Waals surface area contributed by atoms with E-state index in [0.717, 1.165) is 24.3 Å². The molecule has 2 aromatic heterocycles. The zero-order valence-electron chi connectivity index (χ0n) is 11.8. The quantitative estimate of drug-likeness (QED) is 0.920. The van der Waals surface area contributed by atoms with Gasteiger partial charge in [0.25, 0.3) is 0 Å². The summed E-state index contributed by atoms with van der Waals surface area (Å²) in [5.74, 6) is 1.77. The fraction of sp³-hybridized carbons (Fsp3) is 0.600. The van der Waals surface area contributed by atoms with E-state index in [1.54, 1.807) is 0 Å². The Balaban J connectivity index is 2.05. The number of aromatic nitrogens is 3. The van der Waals surface area contributed by atoms with Crippen LogP contribution in [0.4, 0.5) is 0 Å². The molecule has 4 heteroatoms. The van der Waals surface area contributed by atoms with Gasteiger partial charge in [-0.2, -0.15) is 0 Å². The first-order chi connectivity index (χ1) is 9.25. The van der Waals surface area contributed by atoms with E-state index in [9.17, 15) is 0 Å². The van der Waals surface area contributed by atoms with Gasteiger partial charge in [-0.25, -0.2) is 9.97 Å². The Labute approximate surface area is 114 Å². The molecule has 1 unspecified atom stereocenters. The minimum atomic E-state index is 0.390. The fourth-order valence-electron chi connectivity index (χ4n) is 2.86. The molecule has 1 fully saturated rings. The summed E-state index contributed by atoms with van der Waals surface area (Å²) in [5, 5.41) is 3.60. The molecule has 0 bridgehead atoms. The van der Waals surface area contributed by atoms with Crippen molar-refractivity contribution in [3.63, 3.8) is 0 Å². The minimum Gasteiger partial charge on any atom is -0.311 e. The Hall–Kier alpha value is -1.42. The van der Waals surface area contributed by atoms with Crippen LogP contribution in [0.5, 0.6) is 0 Å². The normalized spacial score (nSPS) is 20.3. The number of nitrogens with zero attached hydrogens (tertiary/aromatic N) is 3. The SMILES string of the molecule is CC(C)Cn1c(C2CCCCN2)nc2cccnc21. The molecular formula is C15H22N4. The van der Waals surface area contributed by atoms with Gasteiger partial charge in [0.15, 0.2) is 5.65 Å². The molecule has 1 aliphatic rings. The van der Waals surface area contributed by atoms with E-state index in [1.807, 2.05) is 12.3 Å². The molecular weight excluding hydrogens is 236 g/mol. The van der Waals surface area contributed by atoms with Crippen molar-refractivity contribution in [1.82, 2.24) is 19.9 Å². The first-order valence-corrected chi connectivity index (χ1v) is 7.30. The van der Waals surface area contributed by atoms with E-state index in [0.29, 0.717) is 12.0 Å². The van der Waals surface area contributed by atoms with Crippen LogP contribution >= 0.6 is 0 Å². The van der Waals surface area contributed by atoms with Gasteiger partial charge < -0.3 is 9.88 Å². The van der Waals surface area contributed by atoms with Crippen molar-refractivity contribution in [2.24, 2.45) is 5.92 Å². The summed E-state index contributed by atoms with van der Waals surface area (Å²) in [4.78, 5) is 9.35. The van der Waals surface area contributed by atoms with Crippen molar-refractivity contribution in [2.45, 2.75) is 45.7 Å². The third kappa shape index (κ3) is 2.50. The highest BCUT2D eigenvalue weighted by Gasteiger charge is 2.22. The molecule has 1 aliphatic heterocycles. The second-order valence-electron chi connectivity index (χ2n) is 5.82. The van der Waals surface area contributed by atoms with Crippen LogP contribution in [0.2, 0.25) is 0 Å². The van der Waals surface area contributed by atoms with Crippen molar-refractivity contribution in [3.8, 4) is 0 Å². The van der Waals surface area contributed by atoms with Crippen LogP contribution in [-0.4, -0.2) is 21.1 Å². The number of nitrogens with one attached hydrogen (secondary N) is 1. The average molecular weight is 258 g/mol. The summed E-state index contributed by atoms with van der Waals surface area (Å²) in [6.07, 6.45) is 5.61. The molecule has 2 aromatic rings. The highest BCUT2D eigenvalue weighted by Crippen LogP contribution is 2.26. The second kappa shape index (κ2) is 5.29. The molecule has 0 saturated carbocycles. The maximum Gasteiger partial charge on any atom is 0.160 e. The molecule has 3 heterocycles. The van der Waals surface area contributed by atoms with Crippen molar-refractivity contribution in [3.05, 3.63) is 24.2 Å². The summed E-state index contributed by atoms with van der Waals surface area (Å²) < 4.78 is 2.31. The standard InChI is InChI=1S/C15H22N4/c1-11(2)10-19-14-13(7-5-9-17-14)18-15(19)12-6-3-4-8-16-12/h5,7,9,11-12,16H,3-4,6,8,10H2,1-2H3. The molecule has 19 heavy (non-hydrogen) atoms. The van der Waals surface area contributed by atoms with Crippen LogP contribution in [-0.2, 0) is 6.54 Å². The fourth-order valence-corrected chi connectivity index (χ4v) is 2.86. The van der Waals surface area contributed by atoms with Gasteiger partial charge in [0.2, 0.25) is 0 Å². The number of fused-ring (bicyclic) bond motifs is 1. The lowest BCUT2D eigenvalue weighted by molar-refractivity contribution is 0.378. The predicted molar refractivity (Wildman–Crippen MR) is 77.0 cm³/mol. The van der Waals surface area contributed by atoms with Crippen LogP contribution in [0.3, 0.4) is 0 Å². The Morgan fingerprint density at radius 2 is 2.32 bits per heavy atom. The molecule has 0 radical (unpaired) electrons. The van der Waals surface area contributed by atoms with Crippen LogP contribution in [0.25, 0.3) is 11.2 Å².